The van der Waals surface area contributed by atoms with Crippen molar-refractivity contribution in [3.8, 4) is 5.75 Å². The van der Waals surface area contributed by atoms with E-state index in [4.69, 9.17) is 67.5 Å². The maximum absolute atomic E-state index is 14.7. The molecule has 2 aromatic carbocycles. The average Bonchev–Trinajstić information content (AvgIpc) is 0.818. The lowest BCUT2D eigenvalue weighted by Gasteiger charge is -2.53. The van der Waals surface area contributed by atoms with Crippen LogP contribution in [0.3, 0.4) is 0 Å². The summed E-state index contributed by atoms with van der Waals surface area (Å²) in [5, 5.41) is 29.6. The fraction of sp³-hybridized carbons (Fsp3) is 0.545. The summed E-state index contributed by atoms with van der Waals surface area (Å²) in [5.74, 6) is -5.85. The first-order valence-corrected chi connectivity index (χ1v) is 32.9. The number of urea groups is 1. The van der Waals surface area contributed by atoms with Crippen molar-refractivity contribution in [2.45, 2.75) is 153 Å². The van der Waals surface area contributed by atoms with Crippen LogP contribution in [0.15, 0.2) is 66.4 Å². The first kappa shape index (κ1) is 76.8. The van der Waals surface area contributed by atoms with Gasteiger partial charge in [-0.25, -0.2) is 19.2 Å². The van der Waals surface area contributed by atoms with Crippen LogP contribution in [0.1, 0.15) is 109 Å². The summed E-state index contributed by atoms with van der Waals surface area (Å²) < 4.78 is 40.9. The number of anilines is 2. The second-order valence-electron chi connectivity index (χ2n) is 25.0. The number of methoxy groups -OCH3 is 2. The number of alkyl carbamates (subject to hydrolysis) is 1. The standard InChI is InChI=1S/C66H88ClN11O19S/c1-36(2)56(74-63(98)71-25-27-93-29-28-92-26-22-54(82)97-78-51(79)20-21-52(78)80)59(84)73-44(16-13-24-70-62(68)87)58(83)72-43-19-18-42(41-15-12-23-69-57(41)43)60(85)76(7)39(5)61(86)95-50-33-53(81)77(8)45-31-40(32-46(90-9)55(45)67)30-37(3)14-11-17-49(91-10)66(89)35-47(94-64(88)75-66)38(4)48-34-65(50,6)96-48/h11-12,14-15,17-19,23,31-32,36,38-39,44,47-50,56,89H,13,16,20-22,24-30,33-35H2,1-10H3,(H,72,83)(H,73,84)(H,75,88)(H3,68,70,87)(H2,71,74,98)/b17-11+,37-14+/t38-,39+,44+,47+,48-,49-,50+,56+,65-,66+/m1/s1. The van der Waals surface area contributed by atoms with Crippen molar-refractivity contribution < 1.29 is 91.0 Å². The number of hydrogen-bond donors (Lipinski definition) is 8. The number of hydroxylamine groups is 2. The topological polar surface area (TPSA) is 386 Å². The molecule has 534 valence electrons. The van der Waals surface area contributed by atoms with Gasteiger partial charge in [-0.2, -0.15) is 0 Å². The van der Waals surface area contributed by atoms with Crippen molar-refractivity contribution in [3.63, 3.8) is 0 Å². The van der Waals surface area contributed by atoms with E-state index in [1.165, 1.54) is 63.4 Å². The summed E-state index contributed by atoms with van der Waals surface area (Å²) in [6, 6.07) is 5.38. The molecule has 0 unspecified atom stereocenters. The molecule has 9 N–H and O–H groups in total. The predicted octanol–water partition coefficient (Wildman–Crippen LogP) is 4.16. The minimum absolute atomic E-state index is 0.0153. The lowest BCUT2D eigenvalue weighted by atomic mass is 9.76. The number of aromatic nitrogens is 1. The molecule has 98 heavy (non-hydrogen) atoms. The van der Waals surface area contributed by atoms with Crippen LogP contribution in [-0.4, -0.2) is 206 Å². The summed E-state index contributed by atoms with van der Waals surface area (Å²) in [5.41, 5.74) is 4.45. The first-order valence-electron chi connectivity index (χ1n) is 32.1. The monoisotopic (exact) mass is 1410 g/mol. The Balaban J connectivity index is 1.02. The molecule has 8 rings (SSSR count). The molecule has 0 saturated carbocycles. The number of benzene rings is 2. The molecular weight excluding hydrogens is 1320 g/mol. The smallest absolute Gasteiger partial charge is 0.409 e. The Kier molecular flexibility index (Phi) is 27.2. The first-order chi connectivity index (χ1) is 46.5. The molecular formula is C66H88ClN11O19S. The molecule has 30 nitrogen and oxygen atoms in total. The second-order valence-corrected chi connectivity index (χ2v) is 25.7. The van der Waals surface area contributed by atoms with Crippen molar-refractivity contribution in [2.75, 3.05) is 78.0 Å². The number of fused-ring (bicyclic) bond motifs is 7. The molecule has 0 spiro atoms. The quantitative estimate of drug-likeness (QED) is 0.0242. The summed E-state index contributed by atoms with van der Waals surface area (Å²) in [4.78, 5) is 144. The number of thiocarbonyl (C=S) groups is 1. The van der Waals surface area contributed by atoms with Gasteiger partial charge in [0, 0.05) is 83.0 Å². The van der Waals surface area contributed by atoms with Crippen LogP contribution < -0.4 is 47.3 Å². The maximum atomic E-state index is 14.7. The van der Waals surface area contributed by atoms with Crippen molar-refractivity contribution in [1.82, 2.24) is 41.5 Å². The summed E-state index contributed by atoms with van der Waals surface area (Å²) in [6.07, 6.45) is 2.08. The third-order valence-corrected chi connectivity index (χ3v) is 18.0. The lowest BCUT2D eigenvalue weighted by Crippen LogP contribution is -2.66. The van der Waals surface area contributed by atoms with E-state index in [0.29, 0.717) is 22.9 Å². The van der Waals surface area contributed by atoms with Crippen LogP contribution in [0.4, 0.5) is 21.0 Å². The highest BCUT2D eigenvalue weighted by molar-refractivity contribution is 7.80. The molecule has 0 aliphatic carbocycles. The Bertz CT molecular complexity index is 3520. The van der Waals surface area contributed by atoms with Crippen LogP contribution in [-0.2, 0) is 73.2 Å². The zero-order valence-electron chi connectivity index (χ0n) is 56.5. The van der Waals surface area contributed by atoms with Crippen LogP contribution >= 0.6 is 23.8 Å². The van der Waals surface area contributed by atoms with E-state index in [9.17, 15) is 53.1 Å². The third kappa shape index (κ3) is 19.8. The Morgan fingerprint density at radius 2 is 1.64 bits per heavy atom. The molecule has 6 heterocycles. The number of primary amides is 1. The molecule has 9 amide bonds. The van der Waals surface area contributed by atoms with Crippen molar-refractivity contribution in [2.24, 2.45) is 17.6 Å². The Morgan fingerprint density at radius 3 is 2.32 bits per heavy atom. The number of pyridine rings is 1. The number of esters is 1. The number of amides is 9. The average molecular weight is 1410 g/mol. The number of carbonyl (C=O) groups excluding carboxylic acids is 10. The van der Waals surface area contributed by atoms with Gasteiger partial charge in [-0.05, 0) is 94.1 Å². The molecule has 3 saturated heterocycles. The zero-order valence-corrected chi connectivity index (χ0v) is 58.1. The molecule has 1 aromatic heterocycles. The number of likely N-dealkylation sites (N-methyl/N-ethyl adjacent to an activating group) is 1. The fourth-order valence-corrected chi connectivity index (χ4v) is 12.1. The van der Waals surface area contributed by atoms with E-state index in [-0.39, 0.29) is 123 Å². The van der Waals surface area contributed by atoms with E-state index in [1.54, 1.807) is 64.1 Å². The number of ether oxygens (including phenoxy) is 7. The highest BCUT2D eigenvalue weighted by Gasteiger charge is 2.56. The largest absolute Gasteiger partial charge is 0.495 e. The molecule has 6 bridgehead atoms. The van der Waals surface area contributed by atoms with Gasteiger partial charge < -0.3 is 85.2 Å². The number of nitrogens with zero attached hydrogens (tertiary/aromatic N) is 4. The van der Waals surface area contributed by atoms with E-state index in [2.05, 4.69) is 36.9 Å². The van der Waals surface area contributed by atoms with Gasteiger partial charge in [0.05, 0.1) is 69.4 Å². The van der Waals surface area contributed by atoms with Crippen LogP contribution in [0.2, 0.25) is 5.02 Å². The number of imide groups is 1. The minimum Gasteiger partial charge on any atom is -0.495 e. The summed E-state index contributed by atoms with van der Waals surface area (Å²) in [6.45, 7) is 11.1. The summed E-state index contributed by atoms with van der Waals surface area (Å²) >= 11 is 12.4. The fourth-order valence-electron chi connectivity index (χ4n) is 11.5. The van der Waals surface area contributed by atoms with E-state index < -0.39 is 126 Å². The Morgan fingerprint density at radius 1 is 0.939 bits per heavy atom. The number of nitrogens with one attached hydrogen (secondary N) is 6. The maximum Gasteiger partial charge on any atom is 0.409 e. The van der Waals surface area contributed by atoms with Gasteiger partial charge >= 0.3 is 24.1 Å². The minimum atomic E-state index is -1.88. The molecule has 3 aromatic rings. The van der Waals surface area contributed by atoms with Gasteiger partial charge in [0.25, 0.3) is 17.7 Å². The van der Waals surface area contributed by atoms with Gasteiger partial charge in [-0.1, -0.05) is 62.2 Å². The molecule has 32 heteroatoms. The predicted molar refractivity (Wildman–Crippen MR) is 360 cm³/mol. The van der Waals surface area contributed by atoms with E-state index in [0.717, 1.165) is 11.1 Å². The van der Waals surface area contributed by atoms with Gasteiger partial charge in [0.1, 0.15) is 52.8 Å². The number of allylic oxidation sites excluding steroid dienone is 3. The number of aliphatic hydroxyl groups is 1. The SMILES string of the molecule is COc1cc2cc(c1Cl)N(C)C(=O)C[C@H](OC(=O)[C@H](C)N(C)C(=O)c1ccc(NC(=O)[C@H](CCCNC(N)=O)NC(=O)[C@@H](NC(=S)NCCOCCOCCC(=O)ON3C(=O)CCC3=O)C(C)C)c3ncccc13)[C@@]1(C)C[C@@H](O1)[C@H](C)[C@@H]1C[C@@](O)(NC(=O)O1)[C@H](OC)/C=C/C=C(\C)C2. The molecule has 0 radical (unpaired) electrons. The summed E-state index contributed by atoms with van der Waals surface area (Å²) in [7, 11) is 5.81. The van der Waals surface area contributed by atoms with Crippen LogP contribution in [0, 0.1) is 11.8 Å². The van der Waals surface area contributed by atoms with Gasteiger partial charge in [0.2, 0.25) is 17.7 Å². The normalized spacial score (nSPS) is 23.6. The molecule has 3 fully saturated rings. The molecule has 10 atom stereocenters. The number of halogens is 1. The van der Waals surface area contributed by atoms with Crippen molar-refractivity contribution in [1.29, 1.82) is 0 Å². The molecule has 5 aliphatic heterocycles. The van der Waals surface area contributed by atoms with Gasteiger partial charge in [-0.3, -0.25) is 39.1 Å². The van der Waals surface area contributed by atoms with Crippen LogP contribution in [0.25, 0.3) is 10.9 Å². The molecule has 5 aliphatic rings. The van der Waals surface area contributed by atoms with E-state index >= 15 is 0 Å². The number of carbonyl (C=O) groups is 10. The van der Waals surface area contributed by atoms with Crippen molar-refractivity contribution in [3.05, 3.63) is 82.5 Å². The number of nitrogens with two attached hydrogens (primary N) is 1. The Hall–Kier alpha value is -8.59. The van der Waals surface area contributed by atoms with E-state index in [1.807, 2.05) is 13.0 Å². The number of rotatable bonds is 26. The van der Waals surface area contributed by atoms with Gasteiger partial charge in [-0.15, -0.1) is 5.06 Å². The van der Waals surface area contributed by atoms with Crippen molar-refractivity contribution >= 4 is 111 Å². The highest BCUT2D eigenvalue weighted by atomic mass is 35.5. The lowest BCUT2D eigenvalue weighted by molar-refractivity contribution is -0.271. The highest BCUT2D eigenvalue weighted by Crippen LogP contribution is 2.45. The third-order valence-electron chi connectivity index (χ3n) is 17.4. The second kappa shape index (κ2) is 34.8. The van der Waals surface area contributed by atoms with Crippen LogP contribution in [0.5, 0.6) is 5.75 Å². The Labute approximate surface area is 577 Å². The number of hydrogen-bond acceptors (Lipinski definition) is 21. The zero-order chi connectivity index (χ0) is 71.8. The van der Waals surface area contributed by atoms with Gasteiger partial charge in [0.15, 0.2) is 10.8 Å².